The Morgan fingerprint density at radius 2 is 2.18 bits per heavy atom. The van der Waals surface area contributed by atoms with E-state index in [0.717, 1.165) is 18.9 Å². The summed E-state index contributed by atoms with van der Waals surface area (Å²) < 4.78 is 6.12. The molecule has 0 aromatic rings. The number of thioether (sulfide) groups is 1. The highest BCUT2D eigenvalue weighted by molar-refractivity contribution is 7.99. The Kier molecular flexibility index (Phi) is 5.50. The number of alkyl halides is 1. The van der Waals surface area contributed by atoms with E-state index in [2.05, 4.69) is 18.7 Å². The summed E-state index contributed by atoms with van der Waals surface area (Å²) in [6.07, 6.45) is 8.68. The molecule has 1 spiro atoms. The van der Waals surface area contributed by atoms with Crippen LogP contribution < -0.4 is 0 Å². The van der Waals surface area contributed by atoms with Crippen molar-refractivity contribution in [1.29, 1.82) is 0 Å². The van der Waals surface area contributed by atoms with Crippen molar-refractivity contribution < 1.29 is 4.74 Å². The van der Waals surface area contributed by atoms with E-state index in [4.69, 9.17) is 16.3 Å². The molecule has 0 aromatic carbocycles. The van der Waals surface area contributed by atoms with Crippen LogP contribution in [-0.2, 0) is 4.74 Å². The predicted molar refractivity (Wildman–Crippen MR) is 77.1 cm³/mol. The van der Waals surface area contributed by atoms with Gasteiger partial charge in [-0.3, -0.25) is 0 Å². The predicted octanol–water partition coefficient (Wildman–Crippen LogP) is 4.48. The molecule has 0 aromatic heterocycles. The fraction of sp³-hybridized carbons (Fsp3) is 1.00. The Bertz CT molecular complexity index is 223. The standard InChI is InChI=1S/C14H25ClOS/c1-2-13(15)4-3-12-5-8-16-14(11-12)6-9-17-10-7-14/h12-13H,2-11H2,1H3. The topological polar surface area (TPSA) is 9.23 Å². The Morgan fingerprint density at radius 3 is 2.88 bits per heavy atom. The van der Waals surface area contributed by atoms with Crippen molar-refractivity contribution in [2.45, 2.75) is 62.8 Å². The van der Waals surface area contributed by atoms with Crippen molar-refractivity contribution in [2.75, 3.05) is 18.1 Å². The molecular formula is C14H25ClOS. The van der Waals surface area contributed by atoms with Gasteiger partial charge in [0.15, 0.2) is 0 Å². The molecule has 3 heteroatoms. The molecule has 2 aliphatic rings. The summed E-state index contributed by atoms with van der Waals surface area (Å²) in [5.74, 6) is 3.44. The van der Waals surface area contributed by atoms with Gasteiger partial charge in [0, 0.05) is 12.0 Å². The third-order valence-electron chi connectivity index (χ3n) is 4.33. The summed E-state index contributed by atoms with van der Waals surface area (Å²) in [6.45, 7) is 3.16. The lowest BCUT2D eigenvalue weighted by Crippen LogP contribution is -2.42. The molecule has 2 heterocycles. The van der Waals surface area contributed by atoms with E-state index in [9.17, 15) is 0 Å². The lowest BCUT2D eigenvalue weighted by Gasteiger charge is -2.43. The average molecular weight is 277 g/mol. The number of halogens is 1. The van der Waals surface area contributed by atoms with Gasteiger partial charge in [-0.25, -0.2) is 0 Å². The molecule has 17 heavy (non-hydrogen) atoms. The van der Waals surface area contributed by atoms with E-state index in [0.29, 0.717) is 5.38 Å². The summed E-state index contributed by atoms with van der Waals surface area (Å²) in [5, 5.41) is 0.385. The molecule has 0 radical (unpaired) electrons. The zero-order chi connectivity index (χ0) is 12.1. The highest BCUT2D eigenvalue weighted by atomic mass is 35.5. The summed E-state index contributed by atoms with van der Waals surface area (Å²) in [7, 11) is 0. The largest absolute Gasteiger partial charge is 0.375 e. The molecular weight excluding hydrogens is 252 g/mol. The molecule has 2 atom stereocenters. The first-order valence-corrected chi connectivity index (χ1v) is 8.69. The van der Waals surface area contributed by atoms with Gasteiger partial charge in [0.05, 0.1) is 5.60 Å². The molecule has 2 rings (SSSR count). The molecule has 2 aliphatic heterocycles. The number of ether oxygens (including phenoxy) is 1. The van der Waals surface area contributed by atoms with Crippen molar-refractivity contribution in [1.82, 2.24) is 0 Å². The summed E-state index contributed by atoms with van der Waals surface area (Å²) >= 11 is 8.31. The lowest BCUT2D eigenvalue weighted by molar-refractivity contribution is -0.103. The first-order valence-electron chi connectivity index (χ1n) is 7.10. The van der Waals surface area contributed by atoms with Gasteiger partial charge in [-0.15, -0.1) is 11.6 Å². The second-order valence-electron chi connectivity index (χ2n) is 5.59. The zero-order valence-corrected chi connectivity index (χ0v) is 12.5. The minimum Gasteiger partial charge on any atom is -0.375 e. The Labute approximate surface area is 115 Å². The molecule has 0 N–H and O–H groups in total. The quantitative estimate of drug-likeness (QED) is 0.701. The van der Waals surface area contributed by atoms with Crippen molar-refractivity contribution in [3.05, 3.63) is 0 Å². The summed E-state index contributed by atoms with van der Waals surface area (Å²) in [4.78, 5) is 0. The van der Waals surface area contributed by atoms with Gasteiger partial charge in [0.2, 0.25) is 0 Å². The van der Waals surface area contributed by atoms with Crippen molar-refractivity contribution in [3.8, 4) is 0 Å². The van der Waals surface area contributed by atoms with Crippen LogP contribution in [0, 0.1) is 5.92 Å². The fourth-order valence-corrected chi connectivity index (χ4v) is 4.45. The Balaban J connectivity index is 1.79. The second-order valence-corrected chi connectivity index (χ2v) is 7.43. The third-order valence-corrected chi connectivity index (χ3v) is 5.84. The van der Waals surface area contributed by atoms with E-state index in [-0.39, 0.29) is 5.60 Å². The molecule has 2 unspecified atom stereocenters. The molecule has 0 amide bonds. The van der Waals surface area contributed by atoms with Crippen molar-refractivity contribution >= 4 is 23.4 Å². The van der Waals surface area contributed by atoms with E-state index in [1.165, 1.54) is 50.0 Å². The van der Waals surface area contributed by atoms with Gasteiger partial charge in [0.25, 0.3) is 0 Å². The van der Waals surface area contributed by atoms with Gasteiger partial charge in [-0.1, -0.05) is 6.92 Å². The molecule has 1 nitrogen and oxygen atoms in total. The van der Waals surface area contributed by atoms with E-state index in [1.54, 1.807) is 0 Å². The number of rotatable bonds is 4. The highest BCUT2D eigenvalue weighted by Gasteiger charge is 2.38. The van der Waals surface area contributed by atoms with Gasteiger partial charge in [-0.05, 0) is 62.4 Å². The van der Waals surface area contributed by atoms with Crippen LogP contribution in [0.5, 0.6) is 0 Å². The monoisotopic (exact) mass is 276 g/mol. The van der Waals surface area contributed by atoms with Crippen molar-refractivity contribution in [3.63, 3.8) is 0 Å². The maximum absolute atomic E-state index is 6.23. The van der Waals surface area contributed by atoms with Crippen molar-refractivity contribution in [2.24, 2.45) is 5.92 Å². The molecule has 0 bridgehead atoms. The summed E-state index contributed by atoms with van der Waals surface area (Å²) in [5.41, 5.74) is 0.252. The second kappa shape index (κ2) is 6.68. The maximum Gasteiger partial charge on any atom is 0.0700 e. The molecule has 0 saturated carbocycles. The Hall–Kier alpha value is 0.600. The minimum atomic E-state index is 0.252. The van der Waals surface area contributed by atoms with Crippen LogP contribution in [0.3, 0.4) is 0 Å². The van der Waals surface area contributed by atoms with Crippen LogP contribution in [0.15, 0.2) is 0 Å². The fourth-order valence-electron chi connectivity index (χ4n) is 3.09. The van der Waals surface area contributed by atoms with Crippen LogP contribution in [0.2, 0.25) is 0 Å². The normalized spacial score (nSPS) is 30.4. The maximum atomic E-state index is 6.23. The average Bonchev–Trinajstić information content (AvgIpc) is 2.37. The van der Waals surface area contributed by atoms with E-state index >= 15 is 0 Å². The van der Waals surface area contributed by atoms with Crippen LogP contribution in [0.1, 0.15) is 51.9 Å². The van der Waals surface area contributed by atoms with Crippen LogP contribution in [-0.4, -0.2) is 29.1 Å². The SMILES string of the molecule is CCC(Cl)CCC1CCOC2(CCSCC2)C1. The van der Waals surface area contributed by atoms with Crippen LogP contribution >= 0.6 is 23.4 Å². The smallest absolute Gasteiger partial charge is 0.0700 e. The number of hydrogen-bond donors (Lipinski definition) is 0. The third kappa shape index (κ3) is 4.04. The van der Waals surface area contributed by atoms with E-state index in [1.807, 2.05) is 0 Å². The first kappa shape index (κ1) is 14.0. The van der Waals surface area contributed by atoms with Crippen LogP contribution in [0.25, 0.3) is 0 Å². The minimum absolute atomic E-state index is 0.252. The van der Waals surface area contributed by atoms with Gasteiger partial charge < -0.3 is 4.74 Å². The molecule has 2 fully saturated rings. The van der Waals surface area contributed by atoms with Gasteiger partial charge in [-0.2, -0.15) is 11.8 Å². The first-order chi connectivity index (χ1) is 8.24. The summed E-state index contributed by atoms with van der Waals surface area (Å²) in [6, 6.07) is 0. The number of hydrogen-bond acceptors (Lipinski definition) is 2. The molecule has 0 aliphatic carbocycles. The Morgan fingerprint density at radius 1 is 1.41 bits per heavy atom. The lowest BCUT2D eigenvalue weighted by atomic mass is 9.80. The van der Waals surface area contributed by atoms with Crippen LogP contribution in [0.4, 0.5) is 0 Å². The van der Waals surface area contributed by atoms with Gasteiger partial charge in [0.1, 0.15) is 0 Å². The van der Waals surface area contributed by atoms with Gasteiger partial charge >= 0.3 is 0 Å². The van der Waals surface area contributed by atoms with E-state index < -0.39 is 0 Å². The highest BCUT2D eigenvalue weighted by Crippen LogP contribution is 2.41. The molecule has 2 saturated heterocycles. The zero-order valence-electron chi connectivity index (χ0n) is 10.9. The molecule has 100 valence electrons.